The van der Waals surface area contributed by atoms with E-state index in [-0.39, 0.29) is 5.91 Å². The number of carbonyl (C=O) groups is 1. The van der Waals surface area contributed by atoms with Gasteiger partial charge < -0.3 is 19.7 Å². The molecule has 0 bridgehead atoms. The molecule has 2 aliphatic rings. The lowest BCUT2D eigenvalue weighted by molar-refractivity contribution is 0.0607. The summed E-state index contributed by atoms with van der Waals surface area (Å²) in [4.78, 5) is 14.8. The van der Waals surface area contributed by atoms with Crippen molar-refractivity contribution < 1.29 is 14.3 Å². The Labute approximate surface area is 144 Å². The molecule has 0 aliphatic carbocycles. The molecular weight excluding hydrogens is 304 g/mol. The number of ether oxygens (including phenoxy) is 2. The highest BCUT2D eigenvalue weighted by molar-refractivity contribution is 5.95. The van der Waals surface area contributed by atoms with Crippen LogP contribution in [0.1, 0.15) is 43.5 Å². The number of hydrogen-bond acceptors (Lipinski definition) is 4. The molecule has 1 spiro atoms. The van der Waals surface area contributed by atoms with Gasteiger partial charge in [-0.3, -0.25) is 4.79 Å². The smallest absolute Gasteiger partial charge is 0.253 e. The molecule has 2 aliphatic heterocycles. The summed E-state index contributed by atoms with van der Waals surface area (Å²) in [5.41, 5.74) is 1.11. The van der Waals surface area contributed by atoms with Gasteiger partial charge in [0.25, 0.3) is 5.91 Å². The van der Waals surface area contributed by atoms with E-state index in [1.807, 2.05) is 36.9 Å². The molecule has 1 aromatic rings. The van der Waals surface area contributed by atoms with Crippen LogP contribution in [0.2, 0.25) is 0 Å². The molecule has 2 saturated heterocycles. The molecule has 24 heavy (non-hydrogen) atoms. The zero-order valence-corrected chi connectivity index (χ0v) is 14.8. The summed E-state index contributed by atoms with van der Waals surface area (Å²) in [6.07, 6.45) is 3.44. The van der Waals surface area contributed by atoms with Gasteiger partial charge in [0.15, 0.2) is 11.5 Å². The maximum absolute atomic E-state index is 12.8. The molecule has 0 saturated carbocycles. The van der Waals surface area contributed by atoms with E-state index in [2.05, 4.69) is 5.32 Å². The summed E-state index contributed by atoms with van der Waals surface area (Å²) in [5.74, 6) is 1.45. The van der Waals surface area contributed by atoms with E-state index in [4.69, 9.17) is 9.47 Å². The van der Waals surface area contributed by atoms with Crippen molar-refractivity contribution in [2.24, 2.45) is 5.41 Å². The fraction of sp³-hybridized carbons (Fsp3) is 0.632. The van der Waals surface area contributed by atoms with Crippen LogP contribution in [0, 0.1) is 5.41 Å². The van der Waals surface area contributed by atoms with Crippen LogP contribution in [0.5, 0.6) is 11.5 Å². The summed E-state index contributed by atoms with van der Waals surface area (Å²) in [6.45, 7) is 8.92. The lowest BCUT2D eigenvalue weighted by Gasteiger charge is -2.39. The van der Waals surface area contributed by atoms with Crippen LogP contribution >= 0.6 is 0 Å². The van der Waals surface area contributed by atoms with Gasteiger partial charge >= 0.3 is 0 Å². The highest BCUT2D eigenvalue weighted by Crippen LogP contribution is 2.37. The minimum absolute atomic E-state index is 0.0970. The number of rotatable bonds is 5. The van der Waals surface area contributed by atoms with E-state index in [1.54, 1.807) is 0 Å². The summed E-state index contributed by atoms with van der Waals surface area (Å²) in [5, 5.41) is 3.46. The second-order valence-electron chi connectivity index (χ2n) is 6.75. The molecule has 3 rings (SSSR count). The van der Waals surface area contributed by atoms with Crippen molar-refractivity contribution >= 4 is 5.91 Å². The lowest BCUT2D eigenvalue weighted by atomic mass is 9.78. The first-order valence-corrected chi connectivity index (χ1v) is 9.07. The first-order valence-electron chi connectivity index (χ1n) is 9.07. The number of hydrogen-bond donors (Lipinski definition) is 1. The second kappa shape index (κ2) is 7.43. The number of likely N-dealkylation sites (tertiary alicyclic amines) is 1. The average Bonchev–Trinajstić information content (AvgIpc) is 3.05. The number of piperidine rings is 1. The van der Waals surface area contributed by atoms with Gasteiger partial charge in [-0.15, -0.1) is 0 Å². The molecule has 1 amide bonds. The topological polar surface area (TPSA) is 50.8 Å². The van der Waals surface area contributed by atoms with Crippen LogP contribution in [0.25, 0.3) is 0 Å². The van der Waals surface area contributed by atoms with Gasteiger partial charge in [-0.05, 0) is 63.3 Å². The third-order valence-electron chi connectivity index (χ3n) is 5.23. The Morgan fingerprint density at radius 3 is 2.46 bits per heavy atom. The van der Waals surface area contributed by atoms with Crippen molar-refractivity contribution in [2.75, 3.05) is 39.4 Å². The maximum atomic E-state index is 12.8. The Kier molecular flexibility index (Phi) is 5.29. The highest BCUT2D eigenvalue weighted by atomic mass is 16.5. The van der Waals surface area contributed by atoms with Crippen LogP contribution in [-0.2, 0) is 0 Å². The Balaban J connectivity index is 1.69. The van der Waals surface area contributed by atoms with Crippen molar-refractivity contribution in [3.05, 3.63) is 23.8 Å². The number of nitrogens with one attached hydrogen (secondary N) is 1. The first kappa shape index (κ1) is 17.1. The lowest BCUT2D eigenvalue weighted by Crippen LogP contribution is -2.44. The van der Waals surface area contributed by atoms with Crippen LogP contribution in [0.4, 0.5) is 0 Å². The zero-order chi connectivity index (χ0) is 17.0. The Bertz CT molecular complexity index is 572. The van der Waals surface area contributed by atoms with E-state index >= 15 is 0 Å². The first-order chi connectivity index (χ1) is 11.7. The summed E-state index contributed by atoms with van der Waals surface area (Å²) < 4.78 is 11.2. The summed E-state index contributed by atoms with van der Waals surface area (Å²) in [6, 6.07) is 5.50. The highest BCUT2D eigenvalue weighted by Gasteiger charge is 2.38. The van der Waals surface area contributed by atoms with E-state index in [9.17, 15) is 4.79 Å². The van der Waals surface area contributed by atoms with E-state index < -0.39 is 0 Å². The fourth-order valence-corrected chi connectivity index (χ4v) is 3.77. The fourth-order valence-electron chi connectivity index (χ4n) is 3.77. The van der Waals surface area contributed by atoms with Crippen molar-refractivity contribution in [1.29, 1.82) is 0 Å². The molecule has 5 heteroatoms. The van der Waals surface area contributed by atoms with Gasteiger partial charge in [-0.2, -0.15) is 0 Å². The van der Waals surface area contributed by atoms with Gasteiger partial charge in [0, 0.05) is 25.2 Å². The number of benzene rings is 1. The largest absolute Gasteiger partial charge is 0.490 e. The van der Waals surface area contributed by atoms with Gasteiger partial charge in [-0.1, -0.05) is 0 Å². The van der Waals surface area contributed by atoms with E-state index in [1.165, 1.54) is 6.42 Å². The molecule has 132 valence electrons. The normalized spacial score (nSPS) is 19.5. The molecule has 0 radical (unpaired) electrons. The quantitative estimate of drug-likeness (QED) is 0.901. The Morgan fingerprint density at radius 2 is 1.83 bits per heavy atom. The third kappa shape index (κ3) is 3.51. The average molecular weight is 332 g/mol. The molecule has 0 unspecified atom stereocenters. The van der Waals surface area contributed by atoms with Gasteiger partial charge in [0.1, 0.15) is 0 Å². The molecule has 5 nitrogen and oxygen atoms in total. The number of nitrogens with zero attached hydrogens (tertiary/aromatic N) is 1. The van der Waals surface area contributed by atoms with Crippen molar-refractivity contribution in [3.63, 3.8) is 0 Å². The van der Waals surface area contributed by atoms with Crippen molar-refractivity contribution in [1.82, 2.24) is 10.2 Å². The van der Waals surface area contributed by atoms with Crippen molar-refractivity contribution in [2.45, 2.75) is 33.1 Å². The molecule has 1 aromatic carbocycles. The standard InChI is InChI=1S/C19H28N2O3/c1-3-23-16-6-5-15(13-17(16)24-4-2)18(22)21-11-8-19(9-12-21)7-10-20-14-19/h5-6,13,20H,3-4,7-12,14H2,1-2H3. The zero-order valence-electron chi connectivity index (χ0n) is 14.8. The predicted molar refractivity (Wildman–Crippen MR) is 93.8 cm³/mol. The SMILES string of the molecule is CCOc1ccc(C(=O)N2CCC3(CCNC3)CC2)cc1OCC. The minimum atomic E-state index is 0.0970. The van der Waals surface area contributed by atoms with Crippen LogP contribution in [0.15, 0.2) is 18.2 Å². The van der Waals surface area contributed by atoms with E-state index in [0.717, 1.165) is 39.0 Å². The van der Waals surface area contributed by atoms with Gasteiger partial charge in [0.2, 0.25) is 0 Å². The molecule has 2 heterocycles. The van der Waals surface area contributed by atoms with Gasteiger partial charge in [0.05, 0.1) is 13.2 Å². The Hall–Kier alpha value is -1.75. The number of carbonyl (C=O) groups excluding carboxylic acids is 1. The Morgan fingerprint density at radius 1 is 1.12 bits per heavy atom. The summed E-state index contributed by atoms with van der Waals surface area (Å²) in [7, 11) is 0. The predicted octanol–water partition coefficient (Wildman–Crippen LogP) is 2.70. The maximum Gasteiger partial charge on any atom is 0.253 e. The van der Waals surface area contributed by atoms with Gasteiger partial charge in [-0.25, -0.2) is 0 Å². The van der Waals surface area contributed by atoms with E-state index in [0.29, 0.717) is 35.7 Å². The molecule has 2 fully saturated rings. The third-order valence-corrected chi connectivity index (χ3v) is 5.23. The second-order valence-corrected chi connectivity index (χ2v) is 6.75. The monoisotopic (exact) mass is 332 g/mol. The van der Waals surface area contributed by atoms with Crippen LogP contribution in [0.3, 0.4) is 0 Å². The summed E-state index contributed by atoms with van der Waals surface area (Å²) >= 11 is 0. The molecular formula is C19H28N2O3. The molecule has 1 N–H and O–H groups in total. The molecule has 0 atom stereocenters. The van der Waals surface area contributed by atoms with Crippen molar-refractivity contribution in [3.8, 4) is 11.5 Å². The van der Waals surface area contributed by atoms with Crippen LogP contribution < -0.4 is 14.8 Å². The molecule has 0 aromatic heterocycles. The minimum Gasteiger partial charge on any atom is -0.490 e. The van der Waals surface area contributed by atoms with Crippen LogP contribution in [-0.4, -0.2) is 50.2 Å². The number of amides is 1.